The molecule has 1 fully saturated rings. The van der Waals surface area contributed by atoms with Crippen LogP contribution in [0.2, 0.25) is 0 Å². The fourth-order valence-electron chi connectivity index (χ4n) is 1.49. The van der Waals surface area contributed by atoms with Gasteiger partial charge in [0.25, 0.3) is 0 Å². The third-order valence-corrected chi connectivity index (χ3v) is 2.39. The van der Waals surface area contributed by atoms with Gasteiger partial charge in [0.2, 0.25) is 0 Å². The number of aliphatic hydroxyl groups is 1. The minimum atomic E-state index is -0.533. The predicted molar refractivity (Wildman–Crippen MR) is 45.0 cm³/mol. The fraction of sp³-hybridized carbons (Fsp3) is 0.556. The summed E-state index contributed by atoms with van der Waals surface area (Å²) in [4.78, 5) is 0. The highest BCUT2D eigenvalue weighted by atomic mass is 16.3. The molecule has 2 rings (SSSR count). The minimum absolute atomic E-state index is 0.533. The van der Waals surface area contributed by atoms with E-state index >= 15 is 0 Å². The van der Waals surface area contributed by atoms with Gasteiger partial charge in [-0.25, -0.2) is 0 Å². The zero-order chi connectivity index (χ0) is 8.60. The molecular weight excluding hydrogens is 154 g/mol. The molecule has 0 aliphatic carbocycles. The molecule has 3 heteroatoms. The summed E-state index contributed by atoms with van der Waals surface area (Å²) < 4.78 is 5.15. The lowest BCUT2D eigenvalue weighted by atomic mass is 9.89. The molecule has 2 N–H and O–H groups in total. The Morgan fingerprint density at radius 3 is 2.83 bits per heavy atom. The van der Waals surface area contributed by atoms with Crippen LogP contribution >= 0.6 is 0 Å². The second kappa shape index (κ2) is 2.61. The molecule has 3 nitrogen and oxygen atoms in total. The number of aryl methyl sites for hydroxylation is 1. The zero-order valence-corrected chi connectivity index (χ0v) is 7.13. The monoisotopic (exact) mass is 167 g/mol. The number of hydrogen-bond acceptors (Lipinski definition) is 3. The number of rotatable bonds is 2. The van der Waals surface area contributed by atoms with Crippen LogP contribution in [-0.2, 0) is 6.42 Å². The molecule has 0 unspecified atom stereocenters. The van der Waals surface area contributed by atoms with Crippen molar-refractivity contribution in [1.82, 2.24) is 5.32 Å². The standard InChI is InChI=1S/C9H13NO2/c1-7-8(2-3-12-7)4-9(11)5-10-6-9/h2-3,10-11H,4-6H2,1H3. The average Bonchev–Trinajstić information content (AvgIpc) is 2.34. The van der Waals surface area contributed by atoms with E-state index in [4.69, 9.17) is 4.42 Å². The van der Waals surface area contributed by atoms with Crippen LogP contribution in [0.4, 0.5) is 0 Å². The Kier molecular flexibility index (Phi) is 1.70. The van der Waals surface area contributed by atoms with Crippen molar-refractivity contribution >= 4 is 0 Å². The lowest BCUT2D eigenvalue weighted by Gasteiger charge is -2.37. The van der Waals surface area contributed by atoms with Gasteiger partial charge in [0.15, 0.2) is 0 Å². The summed E-state index contributed by atoms with van der Waals surface area (Å²) in [6, 6.07) is 1.92. The average molecular weight is 167 g/mol. The maximum atomic E-state index is 9.80. The Balaban J connectivity index is 2.08. The van der Waals surface area contributed by atoms with Crippen LogP contribution < -0.4 is 5.32 Å². The summed E-state index contributed by atoms with van der Waals surface area (Å²) in [5.74, 6) is 0.912. The highest BCUT2D eigenvalue weighted by Crippen LogP contribution is 2.20. The van der Waals surface area contributed by atoms with Gasteiger partial charge in [0.05, 0.1) is 11.9 Å². The summed E-state index contributed by atoms with van der Waals surface area (Å²) in [5, 5.41) is 12.9. The van der Waals surface area contributed by atoms with E-state index < -0.39 is 5.60 Å². The molecule has 0 spiro atoms. The van der Waals surface area contributed by atoms with Crippen LogP contribution in [0.1, 0.15) is 11.3 Å². The normalized spacial score (nSPS) is 20.5. The molecule has 1 saturated heterocycles. The molecule has 12 heavy (non-hydrogen) atoms. The van der Waals surface area contributed by atoms with Crippen LogP contribution in [0.15, 0.2) is 16.7 Å². The Morgan fingerprint density at radius 1 is 1.67 bits per heavy atom. The molecule has 2 heterocycles. The van der Waals surface area contributed by atoms with Gasteiger partial charge in [-0.3, -0.25) is 0 Å². The molecule has 1 aromatic rings. The van der Waals surface area contributed by atoms with Crippen molar-refractivity contribution in [2.75, 3.05) is 13.1 Å². The van der Waals surface area contributed by atoms with Crippen molar-refractivity contribution in [2.24, 2.45) is 0 Å². The van der Waals surface area contributed by atoms with Crippen molar-refractivity contribution in [3.05, 3.63) is 23.7 Å². The summed E-state index contributed by atoms with van der Waals surface area (Å²) >= 11 is 0. The number of hydrogen-bond donors (Lipinski definition) is 2. The molecular formula is C9H13NO2. The molecule has 66 valence electrons. The lowest BCUT2D eigenvalue weighted by Crippen LogP contribution is -2.60. The minimum Gasteiger partial charge on any atom is -0.469 e. The molecule has 0 atom stereocenters. The Hall–Kier alpha value is -0.800. The van der Waals surface area contributed by atoms with E-state index in [2.05, 4.69) is 5.32 Å². The van der Waals surface area contributed by atoms with E-state index in [0.717, 1.165) is 11.3 Å². The van der Waals surface area contributed by atoms with Crippen molar-refractivity contribution < 1.29 is 9.52 Å². The van der Waals surface area contributed by atoms with E-state index in [1.54, 1.807) is 6.26 Å². The Morgan fingerprint density at radius 2 is 2.42 bits per heavy atom. The van der Waals surface area contributed by atoms with Gasteiger partial charge in [-0.1, -0.05) is 0 Å². The van der Waals surface area contributed by atoms with E-state index in [0.29, 0.717) is 19.5 Å². The zero-order valence-electron chi connectivity index (χ0n) is 7.13. The van der Waals surface area contributed by atoms with E-state index in [-0.39, 0.29) is 0 Å². The highest BCUT2D eigenvalue weighted by Gasteiger charge is 2.34. The predicted octanol–water partition coefficient (Wildman–Crippen LogP) is 0.465. The van der Waals surface area contributed by atoms with E-state index in [9.17, 15) is 5.11 Å². The smallest absolute Gasteiger partial charge is 0.103 e. The second-order valence-corrected chi connectivity index (χ2v) is 3.51. The summed E-state index contributed by atoms with van der Waals surface area (Å²) in [6.45, 7) is 3.31. The van der Waals surface area contributed by atoms with Gasteiger partial charge in [-0.15, -0.1) is 0 Å². The number of nitrogens with one attached hydrogen (secondary N) is 1. The van der Waals surface area contributed by atoms with Gasteiger partial charge < -0.3 is 14.8 Å². The fourth-order valence-corrected chi connectivity index (χ4v) is 1.49. The lowest BCUT2D eigenvalue weighted by molar-refractivity contribution is -0.00929. The summed E-state index contributed by atoms with van der Waals surface area (Å²) in [5.41, 5.74) is 0.577. The summed E-state index contributed by atoms with van der Waals surface area (Å²) in [7, 11) is 0. The SMILES string of the molecule is Cc1occc1CC1(O)CNC1. The van der Waals surface area contributed by atoms with E-state index in [1.807, 2.05) is 13.0 Å². The molecule has 1 aliphatic heterocycles. The van der Waals surface area contributed by atoms with Crippen molar-refractivity contribution in [1.29, 1.82) is 0 Å². The first-order chi connectivity index (χ1) is 5.70. The highest BCUT2D eigenvalue weighted by molar-refractivity contribution is 5.19. The molecule has 0 radical (unpaired) electrons. The number of furan rings is 1. The molecule has 1 aliphatic rings. The quantitative estimate of drug-likeness (QED) is 0.672. The van der Waals surface area contributed by atoms with Crippen LogP contribution in [-0.4, -0.2) is 23.8 Å². The molecule has 1 aromatic heterocycles. The number of β-amino-alcohol motifs (C(OH)–C–C–N with tert-alkyl or cyclic N) is 1. The first-order valence-electron chi connectivity index (χ1n) is 4.16. The van der Waals surface area contributed by atoms with Crippen LogP contribution in [0, 0.1) is 6.92 Å². The third-order valence-electron chi connectivity index (χ3n) is 2.39. The molecule has 0 aromatic carbocycles. The van der Waals surface area contributed by atoms with Crippen molar-refractivity contribution in [3.63, 3.8) is 0 Å². The third kappa shape index (κ3) is 1.26. The first-order valence-corrected chi connectivity index (χ1v) is 4.16. The molecule has 0 bridgehead atoms. The van der Waals surface area contributed by atoms with Gasteiger partial charge >= 0.3 is 0 Å². The van der Waals surface area contributed by atoms with Gasteiger partial charge in [-0.05, 0) is 18.6 Å². The van der Waals surface area contributed by atoms with Gasteiger partial charge in [0.1, 0.15) is 5.76 Å². The first kappa shape index (κ1) is 7.83. The molecule has 0 saturated carbocycles. The maximum Gasteiger partial charge on any atom is 0.103 e. The van der Waals surface area contributed by atoms with Crippen molar-refractivity contribution in [2.45, 2.75) is 18.9 Å². The summed E-state index contributed by atoms with van der Waals surface area (Å²) in [6.07, 6.45) is 2.36. The largest absolute Gasteiger partial charge is 0.469 e. The Labute approximate surface area is 71.4 Å². The van der Waals surface area contributed by atoms with Crippen LogP contribution in [0.5, 0.6) is 0 Å². The van der Waals surface area contributed by atoms with Gasteiger partial charge in [0, 0.05) is 19.5 Å². The van der Waals surface area contributed by atoms with Crippen LogP contribution in [0.25, 0.3) is 0 Å². The topological polar surface area (TPSA) is 45.4 Å². The second-order valence-electron chi connectivity index (χ2n) is 3.51. The Bertz CT molecular complexity index is 276. The van der Waals surface area contributed by atoms with Crippen molar-refractivity contribution in [3.8, 4) is 0 Å². The molecule has 0 amide bonds. The maximum absolute atomic E-state index is 9.80. The van der Waals surface area contributed by atoms with E-state index in [1.165, 1.54) is 0 Å². The van der Waals surface area contributed by atoms with Crippen LogP contribution in [0.3, 0.4) is 0 Å². The van der Waals surface area contributed by atoms with Gasteiger partial charge in [-0.2, -0.15) is 0 Å².